The molecule has 2 N–H and O–H groups in total. The molecule has 2 aromatic rings. The molecule has 1 aromatic heterocycles. The number of nitrogens with one attached hydrogen (secondary N) is 1. The second-order valence-corrected chi connectivity index (χ2v) is 6.92. The van der Waals surface area contributed by atoms with Crippen LogP contribution in [0.3, 0.4) is 0 Å². The molecule has 0 saturated carbocycles. The summed E-state index contributed by atoms with van der Waals surface area (Å²) in [5.74, 6) is 0.321. The second-order valence-electron chi connectivity index (χ2n) is 6.51. The van der Waals surface area contributed by atoms with Gasteiger partial charge in [0.15, 0.2) is 5.82 Å². The molecule has 1 aromatic carbocycles. The SMILES string of the molecule is CN(c1nc(Nc2ccc(CCCC(=O)O)cc2)ncc1Cl)[C@@H]1CCCO1. The molecule has 1 aliphatic heterocycles. The monoisotopic (exact) mass is 390 g/mol. The molecule has 1 saturated heterocycles. The van der Waals surface area contributed by atoms with E-state index in [9.17, 15) is 4.79 Å². The molecule has 144 valence electrons. The summed E-state index contributed by atoms with van der Waals surface area (Å²) in [4.78, 5) is 21.3. The van der Waals surface area contributed by atoms with Crippen molar-refractivity contribution in [1.82, 2.24) is 9.97 Å². The lowest BCUT2D eigenvalue weighted by Gasteiger charge is -2.25. The predicted molar refractivity (Wildman–Crippen MR) is 105 cm³/mol. The fourth-order valence-electron chi connectivity index (χ4n) is 3.00. The molecule has 27 heavy (non-hydrogen) atoms. The first-order valence-electron chi connectivity index (χ1n) is 8.97. The molecule has 0 bridgehead atoms. The Labute approximate surface area is 163 Å². The summed E-state index contributed by atoms with van der Waals surface area (Å²) in [5.41, 5.74) is 1.95. The number of carboxylic acids is 1. The standard InChI is InChI=1S/C19H23ClN4O3/c1-24(16-5-3-11-27-16)18-15(20)12-21-19(23-18)22-14-9-7-13(8-10-14)4-2-6-17(25)26/h7-10,12,16H,2-6,11H2,1H3,(H,25,26)(H,21,22,23)/t16-/m0/s1. The van der Waals surface area contributed by atoms with E-state index in [0.717, 1.165) is 37.1 Å². The lowest BCUT2D eigenvalue weighted by atomic mass is 10.1. The van der Waals surface area contributed by atoms with E-state index in [1.165, 1.54) is 0 Å². The number of aliphatic carboxylic acids is 1. The Hall–Kier alpha value is -2.38. The molecule has 0 radical (unpaired) electrons. The maximum Gasteiger partial charge on any atom is 0.303 e. The van der Waals surface area contributed by atoms with Crippen LogP contribution in [0.4, 0.5) is 17.5 Å². The van der Waals surface area contributed by atoms with Crippen molar-refractivity contribution in [3.05, 3.63) is 41.0 Å². The van der Waals surface area contributed by atoms with Crippen molar-refractivity contribution in [2.24, 2.45) is 0 Å². The first-order chi connectivity index (χ1) is 13.0. The number of nitrogens with zero attached hydrogens (tertiary/aromatic N) is 3. The number of carbonyl (C=O) groups is 1. The van der Waals surface area contributed by atoms with Gasteiger partial charge in [-0.25, -0.2) is 4.98 Å². The largest absolute Gasteiger partial charge is 0.481 e. The van der Waals surface area contributed by atoms with E-state index < -0.39 is 5.97 Å². The average molecular weight is 391 g/mol. The molecule has 8 heteroatoms. The fourth-order valence-corrected chi connectivity index (χ4v) is 3.22. The highest BCUT2D eigenvalue weighted by Gasteiger charge is 2.23. The molecule has 1 atom stereocenters. The van der Waals surface area contributed by atoms with Crippen LogP contribution in [-0.4, -0.2) is 40.9 Å². The Kier molecular flexibility index (Phi) is 6.47. The zero-order valence-electron chi connectivity index (χ0n) is 15.2. The maximum absolute atomic E-state index is 10.6. The van der Waals surface area contributed by atoms with Gasteiger partial charge in [0.1, 0.15) is 11.3 Å². The van der Waals surface area contributed by atoms with Crippen molar-refractivity contribution in [1.29, 1.82) is 0 Å². The van der Waals surface area contributed by atoms with Gasteiger partial charge in [0, 0.05) is 25.8 Å². The van der Waals surface area contributed by atoms with Gasteiger partial charge in [-0.2, -0.15) is 4.98 Å². The molecular formula is C19H23ClN4O3. The molecule has 0 spiro atoms. The predicted octanol–water partition coefficient (Wildman–Crippen LogP) is 3.85. The topological polar surface area (TPSA) is 87.6 Å². The minimum Gasteiger partial charge on any atom is -0.481 e. The summed E-state index contributed by atoms with van der Waals surface area (Å²) in [5, 5.41) is 12.4. The molecule has 7 nitrogen and oxygen atoms in total. The number of rotatable bonds is 8. The second kappa shape index (κ2) is 9.01. The van der Waals surface area contributed by atoms with Crippen molar-refractivity contribution >= 4 is 35.0 Å². The number of benzene rings is 1. The van der Waals surface area contributed by atoms with Gasteiger partial charge in [0.25, 0.3) is 0 Å². The number of halogens is 1. The van der Waals surface area contributed by atoms with E-state index in [0.29, 0.717) is 23.2 Å². The zero-order valence-corrected chi connectivity index (χ0v) is 15.9. The number of ether oxygens (including phenoxy) is 1. The third-order valence-corrected chi connectivity index (χ3v) is 4.73. The number of aromatic nitrogens is 2. The number of aryl methyl sites for hydroxylation is 1. The summed E-state index contributed by atoms with van der Waals surface area (Å²) >= 11 is 6.27. The van der Waals surface area contributed by atoms with E-state index in [1.54, 1.807) is 6.20 Å². The Balaban J connectivity index is 1.65. The third-order valence-electron chi connectivity index (χ3n) is 4.46. The maximum atomic E-state index is 10.6. The number of hydrogen-bond acceptors (Lipinski definition) is 6. The molecule has 2 heterocycles. The Bertz CT molecular complexity index is 779. The number of hydrogen-bond donors (Lipinski definition) is 2. The molecule has 0 aliphatic carbocycles. The third kappa shape index (κ3) is 5.30. The van der Waals surface area contributed by atoms with Gasteiger partial charge >= 0.3 is 5.97 Å². The molecule has 0 unspecified atom stereocenters. The van der Waals surface area contributed by atoms with Gasteiger partial charge in [0.2, 0.25) is 5.95 Å². The molecular weight excluding hydrogens is 368 g/mol. The first-order valence-corrected chi connectivity index (χ1v) is 9.35. The van der Waals surface area contributed by atoms with Crippen molar-refractivity contribution in [3.8, 4) is 0 Å². The quantitative estimate of drug-likeness (QED) is 0.707. The van der Waals surface area contributed by atoms with Gasteiger partial charge in [-0.15, -0.1) is 0 Å². The van der Waals surface area contributed by atoms with Crippen LogP contribution in [-0.2, 0) is 16.0 Å². The molecule has 1 aliphatic rings. The van der Waals surface area contributed by atoms with Gasteiger partial charge in [0.05, 0.1) is 6.20 Å². The lowest BCUT2D eigenvalue weighted by molar-refractivity contribution is -0.137. The summed E-state index contributed by atoms with van der Waals surface area (Å²) < 4.78 is 5.69. The van der Waals surface area contributed by atoms with E-state index in [4.69, 9.17) is 21.4 Å². The highest BCUT2D eigenvalue weighted by molar-refractivity contribution is 6.32. The van der Waals surface area contributed by atoms with Crippen LogP contribution in [0.15, 0.2) is 30.5 Å². The van der Waals surface area contributed by atoms with Crippen LogP contribution in [0.2, 0.25) is 5.02 Å². The summed E-state index contributed by atoms with van der Waals surface area (Å²) in [6, 6.07) is 7.80. The summed E-state index contributed by atoms with van der Waals surface area (Å²) in [6.45, 7) is 0.752. The van der Waals surface area contributed by atoms with Crippen LogP contribution in [0.1, 0.15) is 31.2 Å². The Morgan fingerprint density at radius 1 is 1.41 bits per heavy atom. The van der Waals surface area contributed by atoms with Crippen LogP contribution in [0, 0.1) is 0 Å². The van der Waals surface area contributed by atoms with Crippen molar-refractivity contribution in [2.75, 3.05) is 23.9 Å². The normalized spacial score (nSPS) is 16.3. The van der Waals surface area contributed by atoms with E-state index >= 15 is 0 Å². The van der Waals surface area contributed by atoms with Crippen molar-refractivity contribution in [2.45, 2.75) is 38.3 Å². The van der Waals surface area contributed by atoms with Gasteiger partial charge < -0.3 is 20.1 Å². The van der Waals surface area contributed by atoms with E-state index in [1.807, 2.05) is 36.2 Å². The van der Waals surface area contributed by atoms with Gasteiger partial charge in [-0.05, 0) is 43.4 Å². The van der Waals surface area contributed by atoms with Gasteiger partial charge in [-0.1, -0.05) is 23.7 Å². The number of carboxylic acid groups (broad SMARTS) is 1. The minimum atomic E-state index is -0.767. The Morgan fingerprint density at radius 3 is 2.85 bits per heavy atom. The lowest BCUT2D eigenvalue weighted by Crippen LogP contribution is -2.31. The van der Waals surface area contributed by atoms with Crippen molar-refractivity contribution < 1.29 is 14.6 Å². The fraction of sp³-hybridized carbons (Fsp3) is 0.421. The summed E-state index contributed by atoms with van der Waals surface area (Å²) in [6.07, 6.45) is 5.08. The number of anilines is 3. The van der Waals surface area contributed by atoms with E-state index in [2.05, 4.69) is 15.3 Å². The smallest absolute Gasteiger partial charge is 0.303 e. The highest BCUT2D eigenvalue weighted by atomic mass is 35.5. The highest BCUT2D eigenvalue weighted by Crippen LogP contribution is 2.28. The zero-order chi connectivity index (χ0) is 19.2. The molecule has 0 amide bonds. The Morgan fingerprint density at radius 2 is 2.19 bits per heavy atom. The van der Waals surface area contributed by atoms with Crippen molar-refractivity contribution in [3.63, 3.8) is 0 Å². The average Bonchev–Trinajstić information content (AvgIpc) is 3.19. The summed E-state index contributed by atoms with van der Waals surface area (Å²) in [7, 11) is 1.92. The molecule has 1 fully saturated rings. The minimum absolute atomic E-state index is 0.0182. The van der Waals surface area contributed by atoms with E-state index in [-0.39, 0.29) is 12.6 Å². The van der Waals surface area contributed by atoms with Crippen LogP contribution in [0.5, 0.6) is 0 Å². The first kappa shape index (κ1) is 19.4. The molecule has 3 rings (SSSR count). The van der Waals surface area contributed by atoms with Gasteiger partial charge in [-0.3, -0.25) is 4.79 Å². The van der Waals surface area contributed by atoms with Crippen LogP contribution >= 0.6 is 11.6 Å². The van der Waals surface area contributed by atoms with Crippen LogP contribution in [0.25, 0.3) is 0 Å². The van der Waals surface area contributed by atoms with Crippen LogP contribution < -0.4 is 10.2 Å².